The summed E-state index contributed by atoms with van der Waals surface area (Å²) in [6.45, 7) is 0. The predicted molar refractivity (Wildman–Crippen MR) is 88.9 cm³/mol. The van der Waals surface area contributed by atoms with Crippen LogP contribution >= 0.6 is 15.6 Å². The highest BCUT2D eigenvalue weighted by atomic mass is 31.3. The van der Waals surface area contributed by atoms with Crippen LogP contribution in [0.25, 0.3) is 0 Å². The molecule has 0 bridgehead atoms. The maximum atomic E-state index is 11.5. The quantitative estimate of drug-likeness (QED) is 0.322. The number of hydrogen-bond acceptors (Lipinski definition) is 7. The van der Waals surface area contributed by atoms with Gasteiger partial charge < -0.3 is 19.6 Å². The van der Waals surface area contributed by atoms with Crippen LogP contribution in [0.5, 0.6) is 0 Å². The van der Waals surface area contributed by atoms with Crippen molar-refractivity contribution in [2.24, 2.45) is 0 Å². The second-order valence-electron chi connectivity index (χ2n) is 4.54. The highest BCUT2D eigenvalue weighted by Gasteiger charge is 2.27. The van der Waals surface area contributed by atoms with E-state index in [1.807, 2.05) is 0 Å². The Hall–Kier alpha value is -2.36. The van der Waals surface area contributed by atoms with E-state index in [0.29, 0.717) is 11.1 Å². The molecule has 0 amide bonds. The highest BCUT2D eigenvalue weighted by molar-refractivity contribution is 7.60. The van der Waals surface area contributed by atoms with Crippen LogP contribution in [0.1, 0.15) is 20.7 Å². The zero-order valence-corrected chi connectivity index (χ0v) is 15.1. The van der Waals surface area contributed by atoms with Gasteiger partial charge in [-0.05, 0) is 24.3 Å². The van der Waals surface area contributed by atoms with Gasteiger partial charge in [0.1, 0.15) is 0 Å². The molecule has 2 rings (SSSR count). The molecule has 2 aromatic rings. The van der Waals surface area contributed by atoms with Crippen molar-refractivity contribution in [3.05, 3.63) is 71.8 Å². The first-order chi connectivity index (χ1) is 12.5. The van der Waals surface area contributed by atoms with E-state index < -0.39 is 27.6 Å². The second-order valence-corrected chi connectivity index (χ2v) is 7.15. The third-order valence-electron chi connectivity index (χ3n) is 2.42. The van der Waals surface area contributed by atoms with E-state index >= 15 is 0 Å². The van der Waals surface area contributed by atoms with Crippen LogP contribution < -0.4 is 0 Å². The Morgan fingerprint density at radius 2 is 0.926 bits per heavy atom. The number of benzene rings is 2. The fraction of sp³-hybridized carbons (Fsp3) is 0. The Labute approximate surface area is 152 Å². The molecular weight excluding hydrogens is 406 g/mol. The highest BCUT2D eigenvalue weighted by Crippen LogP contribution is 2.53. The molecule has 0 aliphatic rings. The smallest absolute Gasteiger partial charge is 0.302 e. The molecule has 0 fully saturated rings. The average molecular weight is 420 g/mol. The van der Waals surface area contributed by atoms with Crippen LogP contribution in [0.2, 0.25) is 0 Å². The molecule has 0 unspecified atom stereocenters. The molecule has 0 heterocycles. The summed E-state index contributed by atoms with van der Waals surface area (Å²) >= 11 is 0. The lowest BCUT2D eigenvalue weighted by Gasteiger charge is -2.03. The zero-order chi connectivity index (χ0) is 20.5. The minimum atomic E-state index is -5.05. The molecule has 0 aromatic heterocycles. The molecule has 0 atom stereocenters. The summed E-state index contributed by atoms with van der Waals surface area (Å²) in [7, 11) is -10.1. The van der Waals surface area contributed by atoms with Crippen LogP contribution in [0.3, 0.4) is 0 Å². The predicted octanol–water partition coefficient (Wildman–Crippen LogP) is 1.80. The zero-order valence-electron chi connectivity index (χ0n) is 13.3. The fourth-order valence-electron chi connectivity index (χ4n) is 1.46. The van der Waals surface area contributed by atoms with Crippen molar-refractivity contribution in [3.63, 3.8) is 0 Å². The maximum Gasteiger partial charge on any atom is 0.478 e. The second kappa shape index (κ2) is 10.1. The van der Waals surface area contributed by atoms with Gasteiger partial charge in [-0.15, -0.1) is 0 Å². The van der Waals surface area contributed by atoms with Gasteiger partial charge in [-0.25, -0.2) is 28.5 Å². The summed E-state index contributed by atoms with van der Waals surface area (Å²) in [4.78, 5) is 62.9. The lowest BCUT2D eigenvalue weighted by atomic mass is 10.2. The number of hydrogen-bond donors (Lipinski definition) is 4. The van der Waals surface area contributed by atoms with E-state index in [1.165, 1.54) is 0 Å². The standard InChI is InChI=1S/C14H10O4.H4O7P2/c15-13(11-7-3-1-4-8-11)17-18-14(16)12-9-5-2-6-10-12;1-8(2,3)7-9(4,5)6/h1-10H;(H2,1,2,3)(H2,4,5,6). The normalized spacial score (nSPS) is 11.0. The van der Waals surface area contributed by atoms with E-state index in [1.54, 1.807) is 60.7 Å². The van der Waals surface area contributed by atoms with Gasteiger partial charge in [-0.3, -0.25) is 0 Å². The number of rotatable bonds is 4. The monoisotopic (exact) mass is 420 g/mol. The van der Waals surface area contributed by atoms with Crippen molar-refractivity contribution < 1.29 is 52.4 Å². The molecule has 2 aromatic carbocycles. The van der Waals surface area contributed by atoms with Crippen LogP contribution in [0.4, 0.5) is 0 Å². The van der Waals surface area contributed by atoms with Crippen molar-refractivity contribution >= 4 is 27.6 Å². The summed E-state index contributed by atoms with van der Waals surface area (Å²) in [6, 6.07) is 16.6. The van der Waals surface area contributed by atoms with Crippen molar-refractivity contribution in [2.45, 2.75) is 0 Å². The minimum absolute atomic E-state index is 0.318. The van der Waals surface area contributed by atoms with Crippen molar-refractivity contribution in [2.75, 3.05) is 0 Å². The minimum Gasteiger partial charge on any atom is -0.302 e. The Balaban J connectivity index is 0.000000345. The van der Waals surface area contributed by atoms with Crippen LogP contribution in [0, 0.1) is 0 Å². The van der Waals surface area contributed by atoms with Gasteiger partial charge in [-0.1, -0.05) is 36.4 Å². The van der Waals surface area contributed by atoms with Crippen LogP contribution in [-0.2, 0) is 23.2 Å². The Morgan fingerprint density at radius 3 is 1.15 bits per heavy atom. The third kappa shape index (κ3) is 10.4. The van der Waals surface area contributed by atoms with Crippen molar-refractivity contribution in [3.8, 4) is 0 Å². The van der Waals surface area contributed by atoms with Crippen LogP contribution in [0.15, 0.2) is 60.7 Å². The average Bonchev–Trinajstić information content (AvgIpc) is 2.58. The third-order valence-corrected chi connectivity index (χ3v) is 4.13. The summed E-state index contributed by atoms with van der Waals surface area (Å²) in [6.07, 6.45) is 0. The first-order valence-corrected chi connectivity index (χ1v) is 9.90. The van der Waals surface area contributed by atoms with E-state index in [9.17, 15) is 18.7 Å². The van der Waals surface area contributed by atoms with Gasteiger partial charge in [0.15, 0.2) is 0 Å². The molecule has 0 saturated heterocycles. The molecule has 11 nitrogen and oxygen atoms in total. The number of carbonyl (C=O) groups is 2. The SMILES string of the molecule is O=C(OOC(=O)c1ccccc1)c1ccccc1.O=P(O)(O)OP(=O)(O)O. The number of phosphoric acid groups is 2. The molecule has 0 aliphatic heterocycles. The van der Waals surface area contributed by atoms with Gasteiger partial charge in [0.2, 0.25) is 0 Å². The molecule has 4 N–H and O–H groups in total. The summed E-state index contributed by atoms with van der Waals surface area (Å²) < 4.78 is 22.2. The number of carbonyl (C=O) groups excluding carboxylic acids is 2. The topological polar surface area (TPSA) is 177 Å². The lowest BCUT2D eigenvalue weighted by Crippen LogP contribution is -2.11. The first kappa shape index (κ1) is 22.7. The van der Waals surface area contributed by atoms with E-state index in [4.69, 9.17) is 19.6 Å². The lowest BCUT2D eigenvalue weighted by molar-refractivity contribution is -0.187. The van der Waals surface area contributed by atoms with E-state index in [0.717, 1.165) is 0 Å². The molecule has 0 saturated carbocycles. The van der Waals surface area contributed by atoms with Crippen molar-refractivity contribution in [1.82, 2.24) is 0 Å². The van der Waals surface area contributed by atoms with E-state index in [-0.39, 0.29) is 0 Å². The Morgan fingerprint density at radius 1 is 0.630 bits per heavy atom. The largest absolute Gasteiger partial charge is 0.478 e. The van der Waals surface area contributed by atoms with Gasteiger partial charge >= 0.3 is 27.6 Å². The van der Waals surface area contributed by atoms with Crippen LogP contribution in [-0.4, -0.2) is 31.5 Å². The summed E-state index contributed by atoms with van der Waals surface area (Å²) in [5.74, 6) is -1.42. The molecule has 0 spiro atoms. The van der Waals surface area contributed by atoms with Gasteiger partial charge in [-0.2, -0.15) is 4.31 Å². The Kier molecular flexibility index (Phi) is 8.48. The fourth-order valence-corrected chi connectivity index (χ4v) is 2.57. The summed E-state index contributed by atoms with van der Waals surface area (Å²) in [5, 5.41) is 0. The molecule has 146 valence electrons. The molecule has 27 heavy (non-hydrogen) atoms. The molecule has 0 radical (unpaired) electrons. The summed E-state index contributed by atoms with van der Waals surface area (Å²) in [5.41, 5.74) is 0.636. The first-order valence-electron chi connectivity index (χ1n) is 6.83. The van der Waals surface area contributed by atoms with Crippen molar-refractivity contribution in [1.29, 1.82) is 0 Å². The van der Waals surface area contributed by atoms with Gasteiger partial charge in [0.25, 0.3) is 0 Å². The Bertz CT molecular complexity index is 770. The van der Waals surface area contributed by atoms with E-state index in [2.05, 4.69) is 14.1 Å². The molecular formula is C14H14O11P2. The van der Waals surface area contributed by atoms with Gasteiger partial charge in [0.05, 0.1) is 11.1 Å². The molecule has 13 heteroatoms. The molecule has 0 aliphatic carbocycles. The van der Waals surface area contributed by atoms with Gasteiger partial charge in [0, 0.05) is 0 Å². The maximum absolute atomic E-state index is 11.5.